The van der Waals surface area contributed by atoms with E-state index >= 15 is 0 Å². The van der Waals surface area contributed by atoms with Gasteiger partial charge in [-0.3, -0.25) is 9.69 Å². The molecule has 0 saturated carbocycles. The summed E-state index contributed by atoms with van der Waals surface area (Å²) in [5.74, 6) is -0.931. The van der Waals surface area contributed by atoms with Crippen molar-refractivity contribution in [1.29, 1.82) is 15.8 Å². The Labute approximate surface area is 181 Å². The van der Waals surface area contributed by atoms with Gasteiger partial charge in [-0.2, -0.15) is 15.8 Å². The lowest BCUT2D eigenvalue weighted by molar-refractivity contribution is -0.119. The van der Waals surface area contributed by atoms with Gasteiger partial charge in [-0.05, 0) is 36.2 Å². The molecule has 0 unspecified atom stereocenters. The molecule has 2 atom stereocenters. The molecule has 158 valence electrons. The number of ether oxygens (including phenoxy) is 1. The van der Waals surface area contributed by atoms with E-state index in [-0.39, 0.29) is 23.8 Å². The van der Waals surface area contributed by atoms with Gasteiger partial charge < -0.3 is 16.2 Å². The van der Waals surface area contributed by atoms with Crippen LogP contribution in [0.15, 0.2) is 47.2 Å². The van der Waals surface area contributed by atoms with Crippen molar-refractivity contribution in [2.45, 2.75) is 19.3 Å². The zero-order chi connectivity index (χ0) is 22.6. The van der Waals surface area contributed by atoms with Crippen LogP contribution in [0, 0.1) is 45.3 Å². The summed E-state index contributed by atoms with van der Waals surface area (Å²) in [5, 5.41) is 30.0. The number of nitrogens with zero attached hydrogens (tertiary/aromatic N) is 4. The molecular formula is C23H24N6O2. The van der Waals surface area contributed by atoms with E-state index < -0.39 is 17.2 Å². The Balaban J connectivity index is 2.12. The van der Waals surface area contributed by atoms with Crippen LogP contribution in [0.2, 0.25) is 0 Å². The molecule has 8 heteroatoms. The highest BCUT2D eigenvalue weighted by Gasteiger charge is 2.54. The van der Waals surface area contributed by atoms with Crippen molar-refractivity contribution < 1.29 is 9.53 Å². The number of amides is 1. The number of carbonyl (C=O) groups excluding carboxylic acids is 1. The molecule has 1 aliphatic heterocycles. The molecule has 8 nitrogen and oxygen atoms in total. The Morgan fingerprint density at radius 2 is 1.94 bits per heavy atom. The number of benzene rings is 1. The second-order valence-electron chi connectivity index (χ2n) is 7.76. The highest BCUT2D eigenvalue weighted by Crippen LogP contribution is 2.54. The van der Waals surface area contributed by atoms with Gasteiger partial charge in [0.15, 0.2) is 12.0 Å². The van der Waals surface area contributed by atoms with E-state index in [2.05, 4.69) is 30.0 Å². The van der Waals surface area contributed by atoms with Crippen LogP contribution in [0.3, 0.4) is 0 Å². The van der Waals surface area contributed by atoms with E-state index in [0.717, 1.165) is 24.1 Å². The summed E-state index contributed by atoms with van der Waals surface area (Å²) < 4.78 is 5.32. The van der Waals surface area contributed by atoms with Gasteiger partial charge >= 0.3 is 0 Å². The minimum Gasteiger partial charge on any atom is -0.484 e. The maximum Gasteiger partial charge on any atom is 0.255 e. The predicted molar refractivity (Wildman–Crippen MR) is 113 cm³/mol. The van der Waals surface area contributed by atoms with E-state index in [0.29, 0.717) is 18.8 Å². The Morgan fingerprint density at radius 3 is 2.48 bits per heavy atom. The molecular weight excluding hydrogens is 392 g/mol. The number of hydrogen-bond donors (Lipinski definition) is 2. The van der Waals surface area contributed by atoms with E-state index in [1.54, 1.807) is 24.3 Å². The Morgan fingerprint density at radius 1 is 1.26 bits per heavy atom. The van der Waals surface area contributed by atoms with Crippen molar-refractivity contribution in [2.24, 2.45) is 22.8 Å². The molecule has 4 N–H and O–H groups in total. The van der Waals surface area contributed by atoms with E-state index in [9.17, 15) is 20.6 Å². The number of nitrogens with two attached hydrogens (primary N) is 2. The molecule has 1 aromatic carbocycles. The lowest BCUT2D eigenvalue weighted by atomic mass is 9.58. The summed E-state index contributed by atoms with van der Waals surface area (Å²) in [5.41, 5.74) is 11.5. The Kier molecular flexibility index (Phi) is 6.30. The normalized spacial score (nSPS) is 22.3. The largest absolute Gasteiger partial charge is 0.484 e. The molecule has 2 aliphatic rings. The smallest absolute Gasteiger partial charge is 0.255 e. The average Bonchev–Trinajstić information content (AvgIpc) is 2.78. The number of nitriles is 3. The van der Waals surface area contributed by atoms with Crippen LogP contribution in [0.25, 0.3) is 0 Å². The monoisotopic (exact) mass is 416 g/mol. The van der Waals surface area contributed by atoms with Crippen molar-refractivity contribution in [2.75, 3.05) is 26.2 Å². The minimum atomic E-state index is -1.67. The quantitative estimate of drug-likeness (QED) is 0.715. The maximum absolute atomic E-state index is 11.0. The van der Waals surface area contributed by atoms with Gasteiger partial charge in [0.05, 0.1) is 23.4 Å². The molecule has 0 radical (unpaired) electrons. The maximum atomic E-state index is 11.0. The van der Waals surface area contributed by atoms with E-state index in [1.165, 1.54) is 0 Å². The van der Waals surface area contributed by atoms with Crippen LogP contribution in [-0.4, -0.2) is 37.0 Å². The highest BCUT2D eigenvalue weighted by molar-refractivity contribution is 5.75. The van der Waals surface area contributed by atoms with Gasteiger partial charge in [-0.25, -0.2) is 0 Å². The lowest BCUT2D eigenvalue weighted by Crippen LogP contribution is -2.48. The molecule has 1 heterocycles. The molecule has 3 rings (SSSR count). The SMILES string of the molecule is CCCN1CC=C2C(C#N)=C(N)C(C#N)(C#N)[C@H](c3ccc(OCC(N)=O)cc3)[C@H]2C1. The first-order valence-corrected chi connectivity index (χ1v) is 10.1. The topological polar surface area (TPSA) is 153 Å². The summed E-state index contributed by atoms with van der Waals surface area (Å²) in [6.07, 6.45) is 2.96. The fraction of sp³-hybridized carbons (Fsp3) is 0.391. The molecule has 0 spiro atoms. The van der Waals surface area contributed by atoms with E-state index in [4.69, 9.17) is 16.2 Å². The summed E-state index contributed by atoms with van der Waals surface area (Å²) in [6, 6.07) is 13.3. The van der Waals surface area contributed by atoms with Crippen molar-refractivity contribution in [1.82, 2.24) is 4.90 Å². The van der Waals surface area contributed by atoms with Gasteiger partial charge in [0, 0.05) is 24.9 Å². The molecule has 0 bridgehead atoms. The number of carbonyl (C=O) groups is 1. The molecule has 31 heavy (non-hydrogen) atoms. The fourth-order valence-electron chi connectivity index (χ4n) is 4.54. The van der Waals surface area contributed by atoms with Crippen LogP contribution in [0.1, 0.15) is 24.8 Å². The third-order valence-corrected chi connectivity index (χ3v) is 5.90. The predicted octanol–water partition coefficient (Wildman–Crippen LogP) is 1.69. The molecule has 1 aliphatic carbocycles. The first kappa shape index (κ1) is 21.9. The zero-order valence-electron chi connectivity index (χ0n) is 17.3. The van der Waals surface area contributed by atoms with Gasteiger partial charge in [-0.15, -0.1) is 0 Å². The first-order valence-electron chi connectivity index (χ1n) is 10.1. The number of allylic oxidation sites excluding steroid dienone is 2. The number of rotatable bonds is 6. The summed E-state index contributed by atoms with van der Waals surface area (Å²) in [7, 11) is 0. The number of hydrogen-bond acceptors (Lipinski definition) is 7. The van der Waals surface area contributed by atoms with Crippen LogP contribution in [0.5, 0.6) is 5.75 Å². The molecule has 0 fully saturated rings. The first-order chi connectivity index (χ1) is 14.9. The van der Waals surface area contributed by atoms with Gasteiger partial charge in [0.1, 0.15) is 11.8 Å². The standard InChI is InChI=1S/C23H24N6O2/c1-2-8-29-9-7-17-18(10-24)22(28)23(13-25,14-26)21(19(17)11-29)15-3-5-16(6-4-15)31-12-20(27)30/h3-7,19,21H,2,8-9,11-12,28H2,1H3,(H2,27,30)/t19-,21+/m0/s1. The highest BCUT2D eigenvalue weighted by atomic mass is 16.5. The Bertz CT molecular complexity index is 1040. The number of fused-ring (bicyclic) bond motifs is 1. The summed E-state index contributed by atoms with van der Waals surface area (Å²) in [6.45, 7) is 4.03. The third-order valence-electron chi connectivity index (χ3n) is 5.90. The second-order valence-corrected chi connectivity index (χ2v) is 7.76. The minimum absolute atomic E-state index is 0.00509. The second kappa shape index (κ2) is 8.92. The fourth-order valence-corrected chi connectivity index (χ4v) is 4.54. The molecule has 0 saturated heterocycles. The molecule has 1 amide bonds. The van der Waals surface area contributed by atoms with E-state index in [1.807, 2.05) is 6.08 Å². The van der Waals surface area contributed by atoms with Gasteiger partial charge in [0.2, 0.25) is 0 Å². The zero-order valence-corrected chi connectivity index (χ0v) is 17.3. The third kappa shape index (κ3) is 3.84. The molecule has 1 aromatic rings. The lowest BCUT2D eigenvalue weighted by Gasteiger charge is -2.45. The van der Waals surface area contributed by atoms with Crippen LogP contribution < -0.4 is 16.2 Å². The van der Waals surface area contributed by atoms with Crippen molar-refractivity contribution in [3.8, 4) is 24.0 Å². The number of primary amides is 1. The van der Waals surface area contributed by atoms with Gasteiger partial charge in [-0.1, -0.05) is 25.1 Å². The average molecular weight is 416 g/mol. The van der Waals surface area contributed by atoms with Gasteiger partial charge in [0.25, 0.3) is 5.91 Å². The van der Waals surface area contributed by atoms with Crippen molar-refractivity contribution >= 4 is 5.91 Å². The van der Waals surface area contributed by atoms with Crippen LogP contribution in [0.4, 0.5) is 0 Å². The Hall–Kier alpha value is -3.80. The summed E-state index contributed by atoms with van der Waals surface area (Å²) in [4.78, 5) is 13.2. The summed E-state index contributed by atoms with van der Waals surface area (Å²) >= 11 is 0. The van der Waals surface area contributed by atoms with Crippen molar-refractivity contribution in [3.63, 3.8) is 0 Å². The van der Waals surface area contributed by atoms with Crippen LogP contribution >= 0.6 is 0 Å². The molecule has 0 aromatic heterocycles. The van der Waals surface area contributed by atoms with Crippen molar-refractivity contribution in [3.05, 3.63) is 52.7 Å². The van der Waals surface area contributed by atoms with Crippen LogP contribution in [-0.2, 0) is 4.79 Å².